The molecule has 33 heavy (non-hydrogen) atoms. The van der Waals surface area contributed by atoms with Crippen LogP contribution in [0.2, 0.25) is 0 Å². The monoisotopic (exact) mass is 452 g/mol. The molecule has 0 unspecified atom stereocenters. The van der Waals surface area contributed by atoms with Crippen LogP contribution in [0.5, 0.6) is 5.75 Å². The highest BCUT2D eigenvalue weighted by atomic mass is 16.5. The zero-order chi connectivity index (χ0) is 23.8. The maximum absolute atomic E-state index is 13.2. The fraction of sp³-hybridized carbons (Fsp3) is 0.480. The molecule has 1 saturated heterocycles. The molecule has 3 amide bonds. The second-order valence-corrected chi connectivity index (χ2v) is 10.2. The summed E-state index contributed by atoms with van der Waals surface area (Å²) in [4.78, 5) is 40.5. The van der Waals surface area contributed by atoms with E-state index in [1.165, 1.54) is 7.11 Å². The van der Waals surface area contributed by atoms with Crippen LogP contribution in [0.1, 0.15) is 45.2 Å². The van der Waals surface area contributed by atoms with Crippen molar-refractivity contribution in [2.45, 2.75) is 46.1 Å². The van der Waals surface area contributed by atoms with E-state index in [0.29, 0.717) is 37.5 Å². The lowest BCUT2D eigenvalue weighted by Gasteiger charge is -2.43. The van der Waals surface area contributed by atoms with Crippen LogP contribution in [0.3, 0.4) is 0 Å². The molecule has 2 aliphatic heterocycles. The average Bonchev–Trinajstić information content (AvgIpc) is 2.75. The van der Waals surface area contributed by atoms with Gasteiger partial charge in [-0.1, -0.05) is 32.9 Å². The number of para-hydroxylation sites is 2. The molecule has 2 aromatic rings. The summed E-state index contributed by atoms with van der Waals surface area (Å²) in [5.41, 5.74) is 1.41. The molecule has 4 rings (SSSR count). The van der Waals surface area contributed by atoms with Gasteiger partial charge in [-0.2, -0.15) is 0 Å². The minimum absolute atomic E-state index is 0.0522. The summed E-state index contributed by atoms with van der Waals surface area (Å²) in [6.45, 7) is 8.07. The lowest BCUT2D eigenvalue weighted by Crippen LogP contribution is -2.49. The molecule has 1 aromatic heterocycles. The first-order valence-corrected chi connectivity index (χ1v) is 11.4. The van der Waals surface area contributed by atoms with E-state index in [-0.39, 0.29) is 34.4 Å². The number of methoxy groups -OCH3 is 1. The number of ether oxygens (including phenoxy) is 1. The fourth-order valence-electron chi connectivity index (χ4n) is 4.83. The summed E-state index contributed by atoms with van der Waals surface area (Å²) in [6, 6.07) is 10.1. The Morgan fingerprint density at radius 1 is 1.03 bits per heavy atom. The second-order valence-electron chi connectivity index (χ2n) is 10.2. The number of pyridine rings is 1. The molecule has 0 radical (unpaired) electrons. The van der Waals surface area contributed by atoms with Crippen molar-refractivity contribution in [2.24, 2.45) is 11.3 Å². The van der Waals surface area contributed by atoms with Gasteiger partial charge in [-0.15, -0.1) is 0 Å². The topological polar surface area (TPSA) is 92.7 Å². The van der Waals surface area contributed by atoms with Crippen molar-refractivity contribution >= 4 is 23.3 Å². The number of carbonyl (C=O) groups excluding carboxylic acids is 2. The van der Waals surface area contributed by atoms with Crippen LogP contribution in [0.4, 0.5) is 16.2 Å². The Balaban J connectivity index is 1.49. The summed E-state index contributed by atoms with van der Waals surface area (Å²) >= 11 is 0. The van der Waals surface area contributed by atoms with Crippen molar-refractivity contribution in [1.82, 2.24) is 9.47 Å². The number of aromatic nitrogens is 1. The predicted molar refractivity (Wildman–Crippen MR) is 128 cm³/mol. The number of piperidine rings is 1. The van der Waals surface area contributed by atoms with Gasteiger partial charge in [0.1, 0.15) is 11.4 Å². The first kappa shape index (κ1) is 22.9. The number of nitrogens with zero attached hydrogens (tertiary/aromatic N) is 2. The molecule has 2 aliphatic rings. The number of likely N-dealkylation sites (tertiary alicyclic amines) is 1. The molecule has 1 fully saturated rings. The number of benzene rings is 1. The molecule has 1 aromatic carbocycles. The summed E-state index contributed by atoms with van der Waals surface area (Å²) in [5.74, 6) is 1.08. The third-order valence-corrected chi connectivity index (χ3v) is 6.24. The zero-order valence-corrected chi connectivity index (χ0v) is 19.7. The maximum Gasteiger partial charge on any atom is 0.323 e. The molecular formula is C25H32N4O4. The lowest BCUT2D eigenvalue weighted by atomic mass is 9.82. The Hall–Kier alpha value is -3.29. The van der Waals surface area contributed by atoms with Gasteiger partial charge in [-0.25, -0.2) is 4.79 Å². The first-order chi connectivity index (χ1) is 15.6. The highest BCUT2D eigenvalue weighted by molar-refractivity contribution is 6.00. The average molecular weight is 453 g/mol. The van der Waals surface area contributed by atoms with E-state index in [4.69, 9.17) is 4.74 Å². The lowest BCUT2D eigenvalue weighted by molar-refractivity contribution is -0.135. The van der Waals surface area contributed by atoms with Crippen LogP contribution in [0.25, 0.3) is 0 Å². The van der Waals surface area contributed by atoms with Gasteiger partial charge >= 0.3 is 6.03 Å². The standard InChI is InChI=1S/C25H32N4O4/c1-25(2,3)12-22(30)28-13-16-11-17(15-28)20-10-9-19(23(31)29(20)14-16)27-24(32)26-18-7-5-6-8-21(18)33-4/h5-10,16-17H,11-15H2,1-4H3,(H2,26,27,32)/t16-,17-/m1/s1. The van der Waals surface area contributed by atoms with E-state index in [1.807, 2.05) is 17.0 Å². The third-order valence-electron chi connectivity index (χ3n) is 6.24. The van der Waals surface area contributed by atoms with Gasteiger partial charge in [0.05, 0.1) is 12.8 Å². The predicted octanol–water partition coefficient (Wildman–Crippen LogP) is 3.88. The molecule has 176 valence electrons. The maximum atomic E-state index is 13.2. The molecule has 0 saturated carbocycles. The quantitative estimate of drug-likeness (QED) is 0.736. The highest BCUT2D eigenvalue weighted by Gasteiger charge is 2.37. The number of hydrogen-bond donors (Lipinski definition) is 2. The largest absolute Gasteiger partial charge is 0.495 e. The number of carbonyl (C=O) groups is 2. The molecule has 0 aliphatic carbocycles. The number of fused-ring (bicyclic) bond motifs is 4. The highest BCUT2D eigenvalue weighted by Crippen LogP contribution is 2.36. The van der Waals surface area contributed by atoms with Crippen LogP contribution in [-0.4, -0.2) is 41.6 Å². The van der Waals surface area contributed by atoms with Crippen LogP contribution < -0.4 is 20.9 Å². The van der Waals surface area contributed by atoms with Gasteiger partial charge in [0.15, 0.2) is 0 Å². The molecule has 8 heteroatoms. The Morgan fingerprint density at radius 2 is 1.76 bits per heavy atom. The van der Waals surface area contributed by atoms with E-state index >= 15 is 0 Å². The van der Waals surface area contributed by atoms with Crippen molar-refractivity contribution in [3.8, 4) is 5.75 Å². The Bertz CT molecular complexity index is 1120. The van der Waals surface area contributed by atoms with Gasteiger partial charge in [-0.05, 0) is 42.0 Å². The first-order valence-electron chi connectivity index (χ1n) is 11.4. The number of hydrogen-bond acceptors (Lipinski definition) is 4. The van der Waals surface area contributed by atoms with Crippen molar-refractivity contribution in [3.05, 3.63) is 52.4 Å². The van der Waals surface area contributed by atoms with Crippen molar-refractivity contribution in [3.63, 3.8) is 0 Å². The van der Waals surface area contributed by atoms with Gasteiger partial charge in [-0.3, -0.25) is 9.59 Å². The molecule has 3 heterocycles. The number of rotatable bonds is 4. The van der Waals surface area contributed by atoms with Crippen molar-refractivity contribution in [2.75, 3.05) is 30.8 Å². The third kappa shape index (κ3) is 5.05. The molecule has 8 nitrogen and oxygen atoms in total. The van der Waals surface area contributed by atoms with Gasteiger partial charge in [0.25, 0.3) is 5.56 Å². The fourth-order valence-corrected chi connectivity index (χ4v) is 4.83. The minimum Gasteiger partial charge on any atom is -0.495 e. The van der Waals surface area contributed by atoms with Crippen LogP contribution in [0.15, 0.2) is 41.2 Å². The number of amides is 3. The van der Waals surface area contributed by atoms with E-state index in [2.05, 4.69) is 31.4 Å². The molecular weight excluding hydrogens is 420 g/mol. The van der Waals surface area contributed by atoms with Crippen LogP contribution in [0, 0.1) is 11.3 Å². The normalized spacial score (nSPS) is 19.5. The SMILES string of the molecule is COc1ccccc1NC(=O)Nc1ccc2n(c1=O)C[C@@H]1C[C@@H]2CN(C(=O)CC(C)(C)C)C1. The van der Waals surface area contributed by atoms with Crippen LogP contribution >= 0.6 is 0 Å². The van der Waals surface area contributed by atoms with Gasteiger partial charge in [0.2, 0.25) is 5.91 Å². The number of urea groups is 1. The van der Waals surface area contributed by atoms with E-state index < -0.39 is 6.03 Å². The Morgan fingerprint density at radius 3 is 2.48 bits per heavy atom. The van der Waals surface area contributed by atoms with Crippen molar-refractivity contribution < 1.29 is 14.3 Å². The summed E-state index contributed by atoms with van der Waals surface area (Å²) in [6.07, 6.45) is 1.49. The second kappa shape index (κ2) is 8.92. The number of anilines is 2. The van der Waals surface area contributed by atoms with E-state index in [0.717, 1.165) is 12.1 Å². The Labute approximate surface area is 193 Å². The number of nitrogens with one attached hydrogen (secondary N) is 2. The summed E-state index contributed by atoms with van der Waals surface area (Å²) < 4.78 is 7.02. The van der Waals surface area contributed by atoms with Crippen LogP contribution in [-0.2, 0) is 11.3 Å². The van der Waals surface area contributed by atoms with Gasteiger partial charge in [0, 0.05) is 37.7 Å². The smallest absolute Gasteiger partial charge is 0.323 e. The van der Waals surface area contributed by atoms with E-state index in [9.17, 15) is 14.4 Å². The summed E-state index contributed by atoms with van der Waals surface area (Å²) in [5, 5.41) is 5.40. The molecule has 2 atom stereocenters. The minimum atomic E-state index is -0.507. The van der Waals surface area contributed by atoms with Gasteiger partial charge < -0.3 is 24.8 Å². The zero-order valence-electron chi connectivity index (χ0n) is 19.7. The molecule has 2 bridgehead atoms. The molecule has 0 spiro atoms. The van der Waals surface area contributed by atoms with E-state index in [1.54, 1.807) is 28.8 Å². The summed E-state index contributed by atoms with van der Waals surface area (Å²) in [7, 11) is 1.53. The Kier molecular flexibility index (Phi) is 6.19. The van der Waals surface area contributed by atoms with Crippen molar-refractivity contribution in [1.29, 1.82) is 0 Å². The molecule has 2 N–H and O–H groups in total.